The van der Waals surface area contributed by atoms with Gasteiger partial charge in [-0.1, -0.05) is 12.1 Å². The first-order chi connectivity index (χ1) is 13.9. The summed E-state index contributed by atoms with van der Waals surface area (Å²) in [6.45, 7) is 3.54. The van der Waals surface area contributed by atoms with Crippen LogP contribution in [0.2, 0.25) is 0 Å². The summed E-state index contributed by atoms with van der Waals surface area (Å²) in [5.74, 6) is 1.25. The first kappa shape index (κ1) is 20.3. The van der Waals surface area contributed by atoms with Crippen molar-refractivity contribution in [3.8, 4) is 17.2 Å². The van der Waals surface area contributed by atoms with Gasteiger partial charge >= 0.3 is 0 Å². The molecule has 29 heavy (non-hydrogen) atoms. The molecular weight excluding hydrogens is 372 g/mol. The molecule has 7 heteroatoms. The number of benzene rings is 2. The minimum absolute atomic E-state index is 0.274. The summed E-state index contributed by atoms with van der Waals surface area (Å²) in [6.07, 6.45) is 0. The molecule has 3 aromatic rings. The van der Waals surface area contributed by atoms with Crippen molar-refractivity contribution in [2.45, 2.75) is 19.9 Å². The zero-order chi connectivity index (χ0) is 21.1. The third-order valence-electron chi connectivity index (χ3n) is 4.90. The molecule has 1 atom stereocenters. The molecule has 0 spiro atoms. The molecule has 152 valence electrons. The summed E-state index contributed by atoms with van der Waals surface area (Å²) in [7, 11) is 4.60. The molecule has 7 nitrogen and oxygen atoms in total. The number of aryl methyl sites for hydroxylation is 1. The minimum Gasteiger partial charge on any atom is -0.497 e. The number of carbonyl (C=O) groups is 1. The Labute approximate surface area is 168 Å². The lowest BCUT2D eigenvalue weighted by Gasteiger charge is -2.21. The van der Waals surface area contributed by atoms with Gasteiger partial charge in [-0.25, -0.2) is 0 Å². The molecular formula is C22H24N2O5. The number of pyridine rings is 1. The third kappa shape index (κ3) is 3.76. The van der Waals surface area contributed by atoms with Crippen molar-refractivity contribution in [1.29, 1.82) is 0 Å². The fourth-order valence-corrected chi connectivity index (χ4v) is 3.34. The number of amides is 1. The van der Waals surface area contributed by atoms with E-state index < -0.39 is 6.04 Å². The van der Waals surface area contributed by atoms with Crippen LogP contribution in [0.1, 0.15) is 18.5 Å². The maximum absolute atomic E-state index is 13.0. The van der Waals surface area contributed by atoms with Crippen molar-refractivity contribution in [2.24, 2.45) is 0 Å². The van der Waals surface area contributed by atoms with Crippen molar-refractivity contribution in [3.63, 3.8) is 0 Å². The average molecular weight is 396 g/mol. The van der Waals surface area contributed by atoms with Crippen LogP contribution in [0.15, 0.2) is 47.3 Å². The van der Waals surface area contributed by atoms with E-state index in [1.807, 2.05) is 19.1 Å². The molecule has 2 aromatic carbocycles. The predicted octanol–water partition coefficient (Wildman–Crippen LogP) is 3.54. The number of carbonyl (C=O) groups excluding carboxylic acids is 1. The van der Waals surface area contributed by atoms with E-state index in [1.165, 1.54) is 17.7 Å². The van der Waals surface area contributed by atoms with Crippen LogP contribution in [-0.4, -0.2) is 31.8 Å². The van der Waals surface area contributed by atoms with Crippen LogP contribution in [0.3, 0.4) is 0 Å². The standard InChI is InChI=1S/C22H24N2O5/c1-13-11-20(25)24(21-16(13)7-6-8-18(21)28-4)14(2)22(26)23-17-10-9-15(27-3)12-19(17)29-5/h6-12,14H,1-5H3,(H,23,26). The lowest BCUT2D eigenvalue weighted by Crippen LogP contribution is -2.32. The number of para-hydroxylation sites is 1. The summed E-state index contributed by atoms with van der Waals surface area (Å²) >= 11 is 0. The average Bonchev–Trinajstić information content (AvgIpc) is 2.73. The first-order valence-corrected chi connectivity index (χ1v) is 9.13. The molecule has 0 fully saturated rings. The van der Waals surface area contributed by atoms with Crippen molar-refractivity contribution >= 4 is 22.5 Å². The quantitative estimate of drug-likeness (QED) is 0.690. The van der Waals surface area contributed by atoms with Crippen molar-refractivity contribution in [1.82, 2.24) is 4.57 Å². The topological polar surface area (TPSA) is 78.8 Å². The van der Waals surface area contributed by atoms with Crippen LogP contribution in [0.5, 0.6) is 17.2 Å². The molecule has 1 amide bonds. The van der Waals surface area contributed by atoms with Crippen LogP contribution in [-0.2, 0) is 4.79 Å². The van der Waals surface area contributed by atoms with Crippen molar-refractivity contribution < 1.29 is 19.0 Å². The Morgan fingerprint density at radius 1 is 1.00 bits per heavy atom. The Kier molecular flexibility index (Phi) is 5.77. The highest BCUT2D eigenvalue weighted by atomic mass is 16.5. The maximum Gasteiger partial charge on any atom is 0.252 e. The second kappa shape index (κ2) is 8.26. The zero-order valence-corrected chi connectivity index (χ0v) is 17.1. The number of rotatable bonds is 6. The van der Waals surface area contributed by atoms with Crippen molar-refractivity contribution in [3.05, 3.63) is 58.4 Å². The van der Waals surface area contributed by atoms with Crippen LogP contribution in [0.4, 0.5) is 5.69 Å². The van der Waals surface area contributed by atoms with Gasteiger partial charge in [0.25, 0.3) is 5.56 Å². The van der Waals surface area contributed by atoms with Crippen molar-refractivity contribution in [2.75, 3.05) is 26.6 Å². The molecule has 3 rings (SSSR count). The van der Waals surface area contributed by atoms with Gasteiger partial charge in [-0.2, -0.15) is 0 Å². The summed E-state index contributed by atoms with van der Waals surface area (Å²) in [5.41, 5.74) is 1.62. The number of nitrogens with one attached hydrogen (secondary N) is 1. The van der Waals surface area contributed by atoms with Crippen LogP contribution < -0.4 is 25.1 Å². The number of methoxy groups -OCH3 is 3. The number of fused-ring (bicyclic) bond motifs is 1. The fourth-order valence-electron chi connectivity index (χ4n) is 3.34. The SMILES string of the molecule is COc1ccc(NC(=O)C(C)n2c(=O)cc(C)c3cccc(OC)c32)c(OC)c1. The van der Waals surface area contributed by atoms with E-state index in [0.29, 0.717) is 28.5 Å². The van der Waals surface area contributed by atoms with Gasteiger partial charge in [0.05, 0.1) is 32.5 Å². The van der Waals surface area contributed by atoms with E-state index in [4.69, 9.17) is 14.2 Å². The largest absolute Gasteiger partial charge is 0.497 e. The normalized spacial score (nSPS) is 11.8. The zero-order valence-electron chi connectivity index (χ0n) is 17.1. The predicted molar refractivity (Wildman–Crippen MR) is 112 cm³/mol. The van der Waals surface area contributed by atoms with E-state index in [-0.39, 0.29) is 11.5 Å². The second-order valence-electron chi connectivity index (χ2n) is 6.62. The molecule has 1 heterocycles. The molecule has 0 bridgehead atoms. The second-order valence-corrected chi connectivity index (χ2v) is 6.62. The molecule has 0 aliphatic carbocycles. The van der Waals surface area contributed by atoms with Crippen LogP contribution >= 0.6 is 0 Å². The number of anilines is 1. The van der Waals surface area contributed by atoms with Gasteiger partial charge in [-0.3, -0.25) is 14.2 Å². The molecule has 0 saturated carbocycles. The lowest BCUT2D eigenvalue weighted by atomic mass is 10.1. The Morgan fingerprint density at radius 3 is 2.38 bits per heavy atom. The molecule has 1 N–H and O–H groups in total. The van der Waals surface area contributed by atoms with Gasteiger partial charge in [0.15, 0.2) is 0 Å². The molecule has 0 aliphatic heterocycles. The number of aromatic nitrogens is 1. The number of nitrogens with zero attached hydrogens (tertiary/aromatic N) is 1. The highest BCUT2D eigenvalue weighted by Gasteiger charge is 2.22. The number of hydrogen-bond acceptors (Lipinski definition) is 5. The smallest absolute Gasteiger partial charge is 0.252 e. The summed E-state index contributed by atoms with van der Waals surface area (Å²) < 4.78 is 17.4. The fraction of sp³-hybridized carbons (Fsp3) is 0.273. The molecule has 0 saturated heterocycles. The van der Waals surface area contributed by atoms with Gasteiger partial charge in [0, 0.05) is 17.5 Å². The van der Waals surface area contributed by atoms with Gasteiger partial charge in [0.2, 0.25) is 5.91 Å². The molecule has 0 radical (unpaired) electrons. The van der Waals surface area contributed by atoms with E-state index in [9.17, 15) is 9.59 Å². The van der Waals surface area contributed by atoms with Crippen LogP contribution in [0.25, 0.3) is 10.9 Å². The first-order valence-electron chi connectivity index (χ1n) is 9.13. The van der Waals surface area contributed by atoms with E-state index >= 15 is 0 Å². The van der Waals surface area contributed by atoms with Crippen LogP contribution in [0, 0.1) is 6.92 Å². The number of ether oxygens (including phenoxy) is 3. The molecule has 1 aromatic heterocycles. The van der Waals surface area contributed by atoms with E-state index in [1.54, 1.807) is 45.4 Å². The Bertz CT molecular complexity index is 1120. The molecule has 0 aliphatic rings. The van der Waals surface area contributed by atoms with Gasteiger partial charge < -0.3 is 19.5 Å². The number of hydrogen-bond donors (Lipinski definition) is 1. The lowest BCUT2D eigenvalue weighted by molar-refractivity contribution is -0.118. The summed E-state index contributed by atoms with van der Waals surface area (Å²) in [6, 6.07) is 11.4. The monoisotopic (exact) mass is 396 g/mol. The Balaban J connectivity index is 2.05. The maximum atomic E-state index is 13.0. The van der Waals surface area contributed by atoms with Gasteiger partial charge in [-0.05, 0) is 37.6 Å². The van der Waals surface area contributed by atoms with E-state index in [2.05, 4.69) is 5.32 Å². The Hall–Kier alpha value is -3.48. The van der Waals surface area contributed by atoms with Gasteiger partial charge in [-0.15, -0.1) is 0 Å². The minimum atomic E-state index is -0.784. The summed E-state index contributed by atoms with van der Waals surface area (Å²) in [4.78, 5) is 25.8. The van der Waals surface area contributed by atoms with E-state index in [0.717, 1.165) is 10.9 Å². The van der Waals surface area contributed by atoms with Gasteiger partial charge in [0.1, 0.15) is 23.3 Å². The summed E-state index contributed by atoms with van der Waals surface area (Å²) in [5, 5.41) is 3.69. The Morgan fingerprint density at radius 2 is 1.72 bits per heavy atom. The molecule has 1 unspecified atom stereocenters. The highest BCUT2D eigenvalue weighted by molar-refractivity contribution is 5.97. The third-order valence-corrected chi connectivity index (χ3v) is 4.90. The highest BCUT2D eigenvalue weighted by Crippen LogP contribution is 2.31.